The number of rotatable bonds is 2. The molecule has 0 amide bonds. The summed E-state index contributed by atoms with van der Waals surface area (Å²) in [4.78, 5) is 0. The van der Waals surface area contributed by atoms with Gasteiger partial charge in [-0.05, 0) is 19.8 Å². The number of alkyl halides is 1. The number of hydrogen-bond donors (Lipinski definition) is 0. The van der Waals surface area contributed by atoms with Crippen LogP contribution in [0.2, 0.25) is 0 Å². The Hall–Kier alpha value is -0.110. The lowest BCUT2D eigenvalue weighted by Gasteiger charge is -2.21. The fraction of sp³-hybridized carbons (Fsp3) is 1.00. The first kappa shape index (κ1) is 14.0. The van der Waals surface area contributed by atoms with Crippen LogP contribution in [-0.4, -0.2) is 18.9 Å². The van der Waals surface area contributed by atoms with Crippen molar-refractivity contribution in [1.29, 1.82) is 0 Å². The van der Waals surface area contributed by atoms with E-state index in [0.717, 1.165) is 19.3 Å². The maximum atomic E-state index is 13.9. The molecule has 0 bridgehead atoms. The molecular weight excluding hydrogens is 203 g/mol. The molecule has 0 aliphatic heterocycles. The van der Waals surface area contributed by atoms with Crippen LogP contribution in [0.3, 0.4) is 0 Å². The summed E-state index contributed by atoms with van der Waals surface area (Å²) in [6.45, 7) is 2.61. The van der Waals surface area contributed by atoms with E-state index in [1.807, 2.05) is 6.92 Å². The highest BCUT2D eigenvalue weighted by atomic mass is 19.1. The fourth-order valence-electron chi connectivity index (χ4n) is 2.51. The monoisotopic (exact) mass is 230 g/mol. The molecular formula is C14H27FO. The molecule has 0 N–H and O–H groups in total. The summed E-state index contributed by atoms with van der Waals surface area (Å²) in [7, 11) is 0. The van der Waals surface area contributed by atoms with Crippen LogP contribution in [-0.2, 0) is 4.74 Å². The van der Waals surface area contributed by atoms with Gasteiger partial charge in [-0.25, -0.2) is 4.39 Å². The summed E-state index contributed by atoms with van der Waals surface area (Å²) in [5.74, 6) is 0. The standard InChI is InChI=1S/C14H27FO/c1-2-16-14-12-10-8-6-4-3-5-7-9-11-13(14)15/h13-14H,2-12H2,1H3/t13-,14?/m1/s1. The fourth-order valence-corrected chi connectivity index (χ4v) is 2.51. The Morgan fingerprint density at radius 2 is 1.38 bits per heavy atom. The molecule has 1 fully saturated rings. The van der Waals surface area contributed by atoms with Crippen molar-refractivity contribution < 1.29 is 9.13 Å². The first-order valence-electron chi connectivity index (χ1n) is 7.10. The van der Waals surface area contributed by atoms with Gasteiger partial charge in [0, 0.05) is 6.61 Å². The van der Waals surface area contributed by atoms with Crippen molar-refractivity contribution in [1.82, 2.24) is 0 Å². The molecule has 0 aromatic heterocycles. The topological polar surface area (TPSA) is 9.23 Å². The molecule has 1 rings (SSSR count). The van der Waals surface area contributed by atoms with Crippen molar-refractivity contribution in [3.05, 3.63) is 0 Å². The van der Waals surface area contributed by atoms with E-state index >= 15 is 0 Å². The summed E-state index contributed by atoms with van der Waals surface area (Å²) >= 11 is 0. The van der Waals surface area contributed by atoms with Gasteiger partial charge in [-0.3, -0.25) is 0 Å². The van der Waals surface area contributed by atoms with E-state index in [2.05, 4.69) is 0 Å². The second-order valence-corrected chi connectivity index (χ2v) is 4.92. The van der Waals surface area contributed by atoms with Crippen molar-refractivity contribution >= 4 is 0 Å². The van der Waals surface area contributed by atoms with Crippen LogP contribution in [0.5, 0.6) is 0 Å². The highest BCUT2D eigenvalue weighted by Crippen LogP contribution is 2.21. The first-order valence-corrected chi connectivity index (χ1v) is 7.10. The van der Waals surface area contributed by atoms with Gasteiger partial charge in [0.2, 0.25) is 0 Å². The summed E-state index contributed by atoms with van der Waals surface area (Å²) in [5, 5.41) is 0. The zero-order chi connectivity index (χ0) is 11.6. The number of halogens is 1. The zero-order valence-electron chi connectivity index (χ0n) is 10.7. The molecule has 0 saturated heterocycles. The molecule has 0 aromatic rings. The van der Waals surface area contributed by atoms with Gasteiger partial charge in [-0.15, -0.1) is 0 Å². The Kier molecular flexibility index (Phi) is 7.83. The van der Waals surface area contributed by atoms with Crippen LogP contribution < -0.4 is 0 Å². The van der Waals surface area contributed by atoms with E-state index < -0.39 is 6.17 Å². The van der Waals surface area contributed by atoms with Gasteiger partial charge < -0.3 is 4.74 Å². The lowest BCUT2D eigenvalue weighted by molar-refractivity contribution is -0.00598. The minimum Gasteiger partial charge on any atom is -0.375 e. The molecule has 0 spiro atoms. The molecule has 16 heavy (non-hydrogen) atoms. The Balaban J connectivity index is 2.33. The molecule has 2 atom stereocenters. The van der Waals surface area contributed by atoms with Crippen LogP contribution in [0.1, 0.15) is 71.1 Å². The van der Waals surface area contributed by atoms with Gasteiger partial charge >= 0.3 is 0 Å². The Bertz CT molecular complexity index is 161. The van der Waals surface area contributed by atoms with E-state index in [0.29, 0.717) is 13.0 Å². The largest absolute Gasteiger partial charge is 0.375 e. The summed E-state index contributed by atoms with van der Waals surface area (Å²) in [5.41, 5.74) is 0. The normalized spacial score (nSPS) is 30.4. The molecule has 1 nitrogen and oxygen atoms in total. The minimum atomic E-state index is -0.737. The van der Waals surface area contributed by atoms with Gasteiger partial charge in [0.15, 0.2) is 0 Å². The van der Waals surface area contributed by atoms with Gasteiger partial charge in [0.1, 0.15) is 6.17 Å². The molecule has 96 valence electrons. The van der Waals surface area contributed by atoms with Crippen LogP contribution in [0.15, 0.2) is 0 Å². The Morgan fingerprint density at radius 3 is 1.94 bits per heavy atom. The van der Waals surface area contributed by atoms with Gasteiger partial charge in [0.25, 0.3) is 0 Å². The average molecular weight is 230 g/mol. The van der Waals surface area contributed by atoms with Crippen molar-refractivity contribution in [3.63, 3.8) is 0 Å². The molecule has 0 heterocycles. The molecule has 0 aromatic carbocycles. The van der Waals surface area contributed by atoms with Gasteiger partial charge in [0.05, 0.1) is 6.10 Å². The van der Waals surface area contributed by atoms with E-state index in [1.54, 1.807) is 0 Å². The van der Waals surface area contributed by atoms with Crippen molar-refractivity contribution in [2.45, 2.75) is 83.4 Å². The quantitative estimate of drug-likeness (QED) is 0.671. The predicted octanol–water partition coefficient (Wildman–Crippen LogP) is 4.64. The van der Waals surface area contributed by atoms with Crippen LogP contribution in [0.4, 0.5) is 4.39 Å². The Morgan fingerprint density at radius 1 is 0.875 bits per heavy atom. The van der Waals surface area contributed by atoms with E-state index in [1.165, 1.54) is 38.5 Å². The van der Waals surface area contributed by atoms with E-state index in [9.17, 15) is 4.39 Å². The Labute approximate surface area is 99.8 Å². The summed E-state index contributed by atoms with van der Waals surface area (Å²) in [6.07, 6.45) is 10.6. The minimum absolute atomic E-state index is 0.135. The molecule has 1 aliphatic rings. The van der Waals surface area contributed by atoms with Crippen molar-refractivity contribution in [3.8, 4) is 0 Å². The molecule has 1 saturated carbocycles. The third-order valence-corrected chi connectivity index (χ3v) is 3.50. The van der Waals surface area contributed by atoms with Crippen LogP contribution in [0, 0.1) is 0 Å². The van der Waals surface area contributed by atoms with Gasteiger partial charge in [-0.1, -0.05) is 51.4 Å². The number of hydrogen-bond acceptors (Lipinski definition) is 1. The lowest BCUT2D eigenvalue weighted by atomic mass is 9.98. The third kappa shape index (κ3) is 5.83. The first-order chi connectivity index (χ1) is 7.84. The molecule has 2 heteroatoms. The highest BCUT2D eigenvalue weighted by molar-refractivity contribution is 4.70. The van der Waals surface area contributed by atoms with Gasteiger partial charge in [-0.2, -0.15) is 0 Å². The summed E-state index contributed by atoms with van der Waals surface area (Å²) < 4.78 is 19.4. The highest BCUT2D eigenvalue weighted by Gasteiger charge is 2.20. The zero-order valence-corrected chi connectivity index (χ0v) is 10.7. The third-order valence-electron chi connectivity index (χ3n) is 3.50. The van der Waals surface area contributed by atoms with Crippen molar-refractivity contribution in [2.24, 2.45) is 0 Å². The van der Waals surface area contributed by atoms with Crippen LogP contribution in [0.25, 0.3) is 0 Å². The predicted molar refractivity (Wildman–Crippen MR) is 66.5 cm³/mol. The lowest BCUT2D eigenvalue weighted by Crippen LogP contribution is -2.25. The maximum absolute atomic E-state index is 13.9. The molecule has 0 radical (unpaired) electrons. The molecule has 1 aliphatic carbocycles. The maximum Gasteiger partial charge on any atom is 0.126 e. The smallest absolute Gasteiger partial charge is 0.126 e. The van der Waals surface area contributed by atoms with Crippen LogP contribution >= 0.6 is 0 Å². The van der Waals surface area contributed by atoms with E-state index in [-0.39, 0.29) is 6.10 Å². The summed E-state index contributed by atoms with van der Waals surface area (Å²) in [6, 6.07) is 0. The molecule has 1 unspecified atom stereocenters. The average Bonchev–Trinajstić information content (AvgIpc) is 2.28. The second kappa shape index (κ2) is 8.98. The number of ether oxygens (including phenoxy) is 1. The second-order valence-electron chi connectivity index (χ2n) is 4.92. The van der Waals surface area contributed by atoms with E-state index in [4.69, 9.17) is 4.74 Å². The van der Waals surface area contributed by atoms with Crippen molar-refractivity contribution in [2.75, 3.05) is 6.61 Å². The SMILES string of the molecule is CCOC1CCCCCCCCCC[C@H]1F.